The molecule has 0 unspecified atom stereocenters. The molecule has 0 fully saturated rings. The third-order valence-corrected chi connectivity index (χ3v) is 2.80. The molecule has 2 rings (SSSR count). The van der Waals surface area contributed by atoms with E-state index < -0.39 is 4.92 Å². The predicted molar refractivity (Wildman–Crippen MR) is 72.8 cm³/mol. The third-order valence-electron chi connectivity index (χ3n) is 2.80. The van der Waals surface area contributed by atoms with E-state index in [0.717, 1.165) is 6.54 Å². The maximum absolute atomic E-state index is 11.0. The summed E-state index contributed by atoms with van der Waals surface area (Å²) in [5, 5.41) is 14.0. The van der Waals surface area contributed by atoms with Crippen LogP contribution in [0.5, 0.6) is 5.75 Å². The monoisotopic (exact) mass is 277 g/mol. The van der Waals surface area contributed by atoms with Crippen molar-refractivity contribution in [1.82, 2.24) is 10.3 Å². The average Bonchev–Trinajstić information content (AvgIpc) is 2.93. The molecule has 1 aromatic carbocycles. The number of methoxy groups -OCH3 is 1. The first-order valence-electron chi connectivity index (χ1n) is 6.07. The number of benzene rings is 1. The molecular formula is C13H15N3O4. The van der Waals surface area contributed by atoms with Gasteiger partial charge in [0.05, 0.1) is 18.2 Å². The molecule has 20 heavy (non-hydrogen) atoms. The Labute approximate surface area is 115 Å². The highest BCUT2D eigenvalue weighted by molar-refractivity contribution is 5.64. The van der Waals surface area contributed by atoms with Gasteiger partial charge in [0.25, 0.3) is 0 Å². The normalized spacial score (nSPS) is 10.5. The number of nitrogens with one attached hydrogen (secondary N) is 1. The summed E-state index contributed by atoms with van der Waals surface area (Å²) in [5.41, 5.74) is 0.499. The maximum Gasteiger partial charge on any atom is 0.311 e. The first-order chi connectivity index (χ1) is 9.65. The summed E-state index contributed by atoms with van der Waals surface area (Å²) in [6.07, 6.45) is 2.23. The largest absolute Gasteiger partial charge is 0.490 e. The van der Waals surface area contributed by atoms with Crippen molar-refractivity contribution in [1.29, 1.82) is 0 Å². The van der Waals surface area contributed by atoms with Gasteiger partial charge in [0, 0.05) is 24.6 Å². The van der Waals surface area contributed by atoms with E-state index in [2.05, 4.69) is 10.3 Å². The molecule has 2 aromatic rings. The van der Waals surface area contributed by atoms with Gasteiger partial charge in [0.2, 0.25) is 0 Å². The van der Waals surface area contributed by atoms with Gasteiger partial charge in [-0.2, -0.15) is 0 Å². The lowest BCUT2D eigenvalue weighted by atomic mass is 10.1. The van der Waals surface area contributed by atoms with Gasteiger partial charge in [-0.15, -0.1) is 0 Å². The van der Waals surface area contributed by atoms with Crippen LogP contribution < -0.4 is 10.1 Å². The second-order valence-corrected chi connectivity index (χ2v) is 4.12. The number of nitrogens with zero attached hydrogens (tertiary/aromatic N) is 2. The molecule has 7 nitrogen and oxygen atoms in total. The third kappa shape index (κ3) is 2.94. The van der Waals surface area contributed by atoms with Gasteiger partial charge in [-0.05, 0) is 19.2 Å². The smallest absolute Gasteiger partial charge is 0.311 e. The first kappa shape index (κ1) is 14.0. The number of nitro groups is 1. The highest BCUT2D eigenvalue weighted by Gasteiger charge is 2.17. The Morgan fingerprint density at radius 2 is 2.30 bits per heavy atom. The van der Waals surface area contributed by atoms with Crippen LogP contribution in [0.4, 0.5) is 5.69 Å². The maximum atomic E-state index is 11.0. The molecule has 1 N–H and O–H groups in total. The Kier molecular flexibility index (Phi) is 4.31. The van der Waals surface area contributed by atoms with Crippen LogP contribution in [0, 0.1) is 10.1 Å². The van der Waals surface area contributed by atoms with Gasteiger partial charge in [0.1, 0.15) is 0 Å². The van der Waals surface area contributed by atoms with Crippen LogP contribution in [0.15, 0.2) is 28.8 Å². The van der Waals surface area contributed by atoms with E-state index in [0.29, 0.717) is 23.6 Å². The lowest BCUT2D eigenvalue weighted by molar-refractivity contribution is -0.385. The highest BCUT2D eigenvalue weighted by atomic mass is 16.6. The van der Waals surface area contributed by atoms with Crippen LogP contribution in [0.2, 0.25) is 0 Å². The molecule has 0 amide bonds. The summed E-state index contributed by atoms with van der Waals surface area (Å²) < 4.78 is 10.5. The average molecular weight is 277 g/mol. The van der Waals surface area contributed by atoms with Crippen molar-refractivity contribution in [2.75, 3.05) is 20.7 Å². The van der Waals surface area contributed by atoms with Crippen LogP contribution in [-0.2, 0) is 6.42 Å². The molecule has 0 aliphatic carbocycles. The first-order valence-corrected chi connectivity index (χ1v) is 6.07. The minimum Gasteiger partial charge on any atom is -0.490 e. The van der Waals surface area contributed by atoms with Gasteiger partial charge >= 0.3 is 5.69 Å². The van der Waals surface area contributed by atoms with Crippen molar-refractivity contribution < 1.29 is 14.1 Å². The fourth-order valence-electron chi connectivity index (χ4n) is 1.78. The number of nitro benzene ring substituents is 1. The van der Waals surface area contributed by atoms with E-state index in [-0.39, 0.29) is 11.4 Å². The molecular weight excluding hydrogens is 262 g/mol. The van der Waals surface area contributed by atoms with E-state index in [1.165, 1.54) is 13.2 Å². The topological polar surface area (TPSA) is 90.4 Å². The van der Waals surface area contributed by atoms with Gasteiger partial charge in [-0.3, -0.25) is 10.1 Å². The molecule has 0 radical (unpaired) electrons. The standard InChI is InChI=1S/C13H15N3O4/c1-14-6-5-13-15-8-12(20-13)9-3-4-11(19-2)10(7-9)16(17)18/h3-4,7-8,14H,5-6H2,1-2H3. The van der Waals surface area contributed by atoms with E-state index in [9.17, 15) is 10.1 Å². The van der Waals surface area contributed by atoms with Crippen LogP contribution in [0.3, 0.4) is 0 Å². The van der Waals surface area contributed by atoms with E-state index in [1.54, 1.807) is 18.3 Å². The van der Waals surface area contributed by atoms with Crippen molar-refractivity contribution in [2.24, 2.45) is 0 Å². The van der Waals surface area contributed by atoms with Crippen molar-refractivity contribution in [3.63, 3.8) is 0 Å². The molecule has 1 heterocycles. The molecule has 0 spiro atoms. The zero-order chi connectivity index (χ0) is 14.5. The number of hydrogen-bond acceptors (Lipinski definition) is 6. The fraction of sp³-hybridized carbons (Fsp3) is 0.308. The molecule has 0 bridgehead atoms. The van der Waals surface area contributed by atoms with Crippen LogP contribution in [0.25, 0.3) is 11.3 Å². The molecule has 0 saturated heterocycles. The van der Waals surface area contributed by atoms with Crippen molar-refractivity contribution in [3.8, 4) is 17.1 Å². The van der Waals surface area contributed by atoms with Gasteiger partial charge in [-0.25, -0.2) is 4.98 Å². The number of aromatic nitrogens is 1. The fourth-order valence-corrected chi connectivity index (χ4v) is 1.78. The Morgan fingerprint density at radius 3 is 2.95 bits per heavy atom. The molecule has 0 atom stereocenters. The Bertz CT molecular complexity index is 609. The lowest BCUT2D eigenvalue weighted by Gasteiger charge is -2.02. The molecule has 106 valence electrons. The second-order valence-electron chi connectivity index (χ2n) is 4.12. The van der Waals surface area contributed by atoms with Crippen molar-refractivity contribution in [2.45, 2.75) is 6.42 Å². The number of hydrogen-bond donors (Lipinski definition) is 1. The molecule has 1 aromatic heterocycles. The highest BCUT2D eigenvalue weighted by Crippen LogP contribution is 2.32. The van der Waals surface area contributed by atoms with Crippen LogP contribution in [-0.4, -0.2) is 30.6 Å². The summed E-state index contributed by atoms with van der Waals surface area (Å²) in [7, 11) is 3.24. The Hall–Kier alpha value is -2.41. The van der Waals surface area contributed by atoms with Gasteiger partial charge in [0.15, 0.2) is 17.4 Å². The Balaban J connectivity index is 2.30. The minimum atomic E-state index is -0.485. The summed E-state index contributed by atoms with van der Waals surface area (Å²) in [6, 6.07) is 4.67. The number of rotatable bonds is 6. The van der Waals surface area contributed by atoms with Gasteiger partial charge in [-0.1, -0.05) is 0 Å². The van der Waals surface area contributed by atoms with Crippen LogP contribution in [0.1, 0.15) is 5.89 Å². The molecule has 0 aliphatic heterocycles. The van der Waals surface area contributed by atoms with Crippen LogP contribution >= 0.6 is 0 Å². The zero-order valence-corrected chi connectivity index (χ0v) is 11.3. The SMILES string of the molecule is CNCCc1ncc(-c2ccc(OC)c([N+](=O)[O-])c2)o1. The molecule has 0 aliphatic rings. The molecule has 0 saturated carbocycles. The second kappa shape index (κ2) is 6.16. The summed E-state index contributed by atoms with van der Waals surface area (Å²) >= 11 is 0. The summed E-state index contributed by atoms with van der Waals surface area (Å²) in [5.74, 6) is 1.31. The van der Waals surface area contributed by atoms with Crippen molar-refractivity contribution >= 4 is 5.69 Å². The predicted octanol–water partition coefficient (Wildman–Crippen LogP) is 2.02. The number of likely N-dealkylation sites (N-methyl/N-ethyl adjacent to an activating group) is 1. The summed E-state index contributed by atoms with van der Waals surface area (Å²) in [6.45, 7) is 0.753. The van der Waals surface area contributed by atoms with E-state index in [1.807, 2.05) is 7.05 Å². The quantitative estimate of drug-likeness (QED) is 0.641. The van der Waals surface area contributed by atoms with Gasteiger partial charge < -0.3 is 14.5 Å². The Morgan fingerprint density at radius 1 is 1.50 bits per heavy atom. The minimum absolute atomic E-state index is 0.0989. The summed E-state index contributed by atoms with van der Waals surface area (Å²) in [4.78, 5) is 14.6. The van der Waals surface area contributed by atoms with E-state index in [4.69, 9.17) is 9.15 Å². The van der Waals surface area contributed by atoms with E-state index >= 15 is 0 Å². The zero-order valence-electron chi connectivity index (χ0n) is 11.3. The molecule has 7 heteroatoms. The van der Waals surface area contributed by atoms with Crippen molar-refractivity contribution in [3.05, 3.63) is 40.4 Å². The number of oxazole rings is 1. The number of ether oxygens (including phenoxy) is 1. The lowest BCUT2D eigenvalue weighted by Crippen LogP contribution is -2.10.